The fraction of sp³-hybridized carbons (Fsp3) is 0.581. The van der Waals surface area contributed by atoms with Crippen molar-refractivity contribution in [2.24, 2.45) is 0 Å². The van der Waals surface area contributed by atoms with Crippen LogP contribution in [-0.4, -0.2) is 16.5 Å². The third-order valence-corrected chi connectivity index (χ3v) is 7.51. The number of aliphatic hydroxyl groups is 1. The summed E-state index contributed by atoms with van der Waals surface area (Å²) in [4.78, 5) is 13.2. The molecule has 33 heavy (non-hydrogen) atoms. The lowest BCUT2D eigenvalue weighted by atomic mass is 9.68. The van der Waals surface area contributed by atoms with Gasteiger partial charge in [0, 0.05) is 11.5 Å². The van der Waals surface area contributed by atoms with Gasteiger partial charge in [-0.3, -0.25) is 4.79 Å². The van der Waals surface area contributed by atoms with Crippen molar-refractivity contribution in [3.63, 3.8) is 0 Å². The number of rotatable bonds is 14. The van der Waals surface area contributed by atoms with Crippen LogP contribution < -0.4 is 0 Å². The molecule has 0 amide bonds. The Hall–Kier alpha value is -1.93. The number of carbonyl (C=O) groups is 1. The highest BCUT2D eigenvalue weighted by Crippen LogP contribution is 2.43. The Labute approximate surface area is 201 Å². The molecule has 1 saturated carbocycles. The lowest BCUT2D eigenvalue weighted by Crippen LogP contribution is -2.46. The third kappa shape index (κ3) is 7.54. The molecule has 1 aliphatic rings. The molecule has 2 atom stereocenters. The molecule has 2 heteroatoms. The average molecular weight is 449 g/mol. The van der Waals surface area contributed by atoms with Crippen LogP contribution in [0.25, 0.3) is 0 Å². The van der Waals surface area contributed by atoms with Crippen LogP contribution in [-0.2, 0) is 6.42 Å². The van der Waals surface area contributed by atoms with E-state index in [0.717, 1.165) is 31.2 Å². The van der Waals surface area contributed by atoms with E-state index in [1.165, 1.54) is 69.8 Å². The van der Waals surface area contributed by atoms with Gasteiger partial charge in [-0.05, 0) is 36.8 Å². The van der Waals surface area contributed by atoms with Gasteiger partial charge in [-0.1, -0.05) is 132 Å². The molecule has 3 rings (SSSR count). The Balaban J connectivity index is 1.47. The van der Waals surface area contributed by atoms with E-state index in [-0.39, 0.29) is 11.7 Å². The van der Waals surface area contributed by atoms with Crippen LogP contribution >= 0.6 is 0 Å². The lowest BCUT2D eigenvalue weighted by molar-refractivity contribution is -0.00234. The minimum Gasteiger partial charge on any atom is -0.381 e. The summed E-state index contributed by atoms with van der Waals surface area (Å²) in [5.74, 6) is -0.243. The maximum atomic E-state index is 13.2. The summed E-state index contributed by atoms with van der Waals surface area (Å²) in [5.41, 5.74) is 1.79. The van der Waals surface area contributed by atoms with Gasteiger partial charge in [0.1, 0.15) is 5.60 Å². The highest BCUT2D eigenvalue weighted by Gasteiger charge is 2.46. The van der Waals surface area contributed by atoms with Crippen molar-refractivity contribution in [1.29, 1.82) is 0 Å². The number of Topliss-reactive ketones (excluding diaryl/α,β-unsaturated/α-hetero) is 1. The van der Waals surface area contributed by atoms with E-state index in [9.17, 15) is 9.90 Å². The van der Waals surface area contributed by atoms with E-state index >= 15 is 0 Å². The van der Waals surface area contributed by atoms with Gasteiger partial charge >= 0.3 is 0 Å². The zero-order valence-corrected chi connectivity index (χ0v) is 20.7. The summed E-state index contributed by atoms with van der Waals surface area (Å²) in [6.07, 6.45) is 18.1. The van der Waals surface area contributed by atoms with E-state index in [4.69, 9.17) is 0 Å². The highest BCUT2D eigenvalue weighted by atomic mass is 16.3. The van der Waals surface area contributed by atoms with E-state index in [1.807, 2.05) is 30.3 Å². The van der Waals surface area contributed by atoms with Crippen molar-refractivity contribution in [2.45, 2.75) is 115 Å². The molecule has 1 fully saturated rings. The fourth-order valence-electron chi connectivity index (χ4n) is 5.44. The van der Waals surface area contributed by atoms with Crippen LogP contribution in [0.2, 0.25) is 0 Å². The number of benzene rings is 2. The zero-order chi connectivity index (χ0) is 23.4. The monoisotopic (exact) mass is 448 g/mol. The Morgan fingerprint density at radius 2 is 1.42 bits per heavy atom. The van der Waals surface area contributed by atoms with Crippen molar-refractivity contribution in [3.05, 3.63) is 71.3 Å². The van der Waals surface area contributed by atoms with E-state index in [1.54, 1.807) is 0 Å². The van der Waals surface area contributed by atoms with Crippen molar-refractivity contribution in [1.82, 2.24) is 0 Å². The fourth-order valence-corrected chi connectivity index (χ4v) is 5.44. The van der Waals surface area contributed by atoms with Gasteiger partial charge in [0.05, 0.1) is 0 Å². The summed E-state index contributed by atoms with van der Waals surface area (Å²) in [5, 5.41) is 11.5. The number of ketones is 1. The van der Waals surface area contributed by atoms with Crippen molar-refractivity contribution in [3.8, 4) is 0 Å². The Kier molecular flexibility index (Phi) is 10.7. The minimum absolute atomic E-state index is 0.120. The van der Waals surface area contributed by atoms with Crippen molar-refractivity contribution in [2.75, 3.05) is 0 Å². The molecule has 0 aliphatic heterocycles. The summed E-state index contributed by atoms with van der Waals surface area (Å²) >= 11 is 0. The summed E-state index contributed by atoms with van der Waals surface area (Å²) in [6.45, 7) is 2.27. The molecule has 1 N–H and O–H groups in total. The van der Waals surface area contributed by atoms with Gasteiger partial charge in [0.15, 0.2) is 5.78 Å². The minimum atomic E-state index is -1.29. The van der Waals surface area contributed by atoms with Crippen LogP contribution in [0.4, 0.5) is 0 Å². The number of aryl methyl sites for hydroxylation is 1. The molecular formula is C31H44O2. The first-order chi connectivity index (χ1) is 16.1. The highest BCUT2D eigenvalue weighted by molar-refractivity contribution is 6.03. The second-order valence-electron chi connectivity index (χ2n) is 10.1. The standard InChI is InChI=1S/C31H44O2/c1-2-3-4-5-6-7-8-9-10-12-17-26-21-23-27(24-22-26)29-20-15-16-25-31(29,33)30(32)28-18-13-11-14-19-28/h11,13-14,18-19,21-24,29,33H,2-10,12,15-17,20,25H2,1H3. The summed E-state index contributed by atoms with van der Waals surface area (Å²) in [6, 6.07) is 18.0. The average Bonchev–Trinajstić information content (AvgIpc) is 2.86. The number of hydrogen-bond acceptors (Lipinski definition) is 2. The zero-order valence-electron chi connectivity index (χ0n) is 20.7. The SMILES string of the molecule is CCCCCCCCCCCCc1ccc(C2CCCCC2(O)C(=O)c2ccccc2)cc1. The topological polar surface area (TPSA) is 37.3 Å². The van der Waals surface area contributed by atoms with E-state index < -0.39 is 5.60 Å². The Morgan fingerprint density at radius 1 is 0.818 bits per heavy atom. The second kappa shape index (κ2) is 13.7. The van der Waals surface area contributed by atoms with Crippen molar-refractivity contribution >= 4 is 5.78 Å². The van der Waals surface area contributed by atoms with E-state index in [2.05, 4.69) is 31.2 Å². The van der Waals surface area contributed by atoms with Crippen LogP contribution in [0.15, 0.2) is 54.6 Å². The molecule has 0 bridgehead atoms. The molecule has 2 aromatic rings. The summed E-state index contributed by atoms with van der Waals surface area (Å²) < 4.78 is 0. The first-order valence-electron chi connectivity index (χ1n) is 13.6. The number of hydrogen-bond donors (Lipinski definition) is 1. The van der Waals surface area contributed by atoms with Gasteiger partial charge in [-0.25, -0.2) is 0 Å². The molecule has 2 aromatic carbocycles. The normalized spacial score (nSPS) is 20.6. The molecule has 0 heterocycles. The van der Waals surface area contributed by atoms with Crippen LogP contribution in [0.3, 0.4) is 0 Å². The quantitative estimate of drug-likeness (QED) is 0.232. The largest absolute Gasteiger partial charge is 0.381 e. The van der Waals surface area contributed by atoms with Crippen LogP contribution in [0, 0.1) is 0 Å². The third-order valence-electron chi connectivity index (χ3n) is 7.51. The van der Waals surface area contributed by atoms with E-state index in [0.29, 0.717) is 12.0 Å². The molecule has 180 valence electrons. The molecule has 0 saturated heterocycles. The molecule has 0 radical (unpaired) electrons. The first kappa shape index (κ1) is 25.7. The molecule has 0 aromatic heterocycles. The molecule has 2 unspecified atom stereocenters. The smallest absolute Gasteiger partial charge is 0.194 e. The maximum absolute atomic E-state index is 13.2. The van der Waals surface area contributed by atoms with Gasteiger partial charge in [0.2, 0.25) is 0 Å². The maximum Gasteiger partial charge on any atom is 0.194 e. The molecule has 1 aliphatic carbocycles. The predicted octanol–water partition coefficient (Wildman–Crippen LogP) is 8.42. The second-order valence-corrected chi connectivity index (χ2v) is 10.1. The van der Waals surface area contributed by atoms with Crippen LogP contribution in [0.1, 0.15) is 124 Å². The first-order valence-corrected chi connectivity index (χ1v) is 13.6. The van der Waals surface area contributed by atoms with Gasteiger partial charge < -0.3 is 5.11 Å². The van der Waals surface area contributed by atoms with Gasteiger partial charge in [-0.15, -0.1) is 0 Å². The molecule has 0 spiro atoms. The van der Waals surface area contributed by atoms with Gasteiger partial charge in [0.25, 0.3) is 0 Å². The van der Waals surface area contributed by atoms with Gasteiger partial charge in [-0.2, -0.15) is 0 Å². The number of unbranched alkanes of at least 4 members (excludes halogenated alkanes) is 9. The molecular weight excluding hydrogens is 404 g/mol. The van der Waals surface area contributed by atoms with Crippen LogP contribution in [0.5, 0.6) is 0 Å². The predicted molar refractivity (Wildman–Crippen MR) is 139 cm³/mol. The Morgan fingerprint density at radius 3 is 2.06 bits per heavy atom. The number of carbonyl (C=O) groups excluding carboxylic acids is 1. The molecule has 2 nitrogen and oxygen atoms in total. The Bertz CT molecular complexity index is 811. The lowest BCUT2D eigenvalue weighted by Gasteiger charge is -2.39. The van der Waals surface area contributed by atoms with Crippen molar-refractivity contribution < 1.29 is 9.90 Å². The summed E-state index contributed by atoms with van der Waals surface area (Å²) in [7, 11) is 0.